The quantitative estimate of drug-likeness (QED) is 0.631. The second-order valence-electron chi connectivity index (χ2n) is 4.66. The highest BCUT2D eigenvalue weighted by molar-refractivity contribution is 6.19. The lowest BCUT2D eigenvalue weighted by molar-refractivity contribution is -0.137. The molecule has 1 aromatic carbocycles. The molecule has 0 saturated carbocycles. The number of hydrogen-bond donors (Lipinski definition) is 2. The zero-order valence-electron chi connectivity index (χ0n) is 10.8. The first-order valence-electron chi connectivity index (χ1n) is 5.86. The SMILES string of the molecule is COC(=O)C1=C(O)C(C)(Cc2ccccc2)NC1=O. The number of esters is 1. The number of amides is 1. The molecule has 19 heavy (non-hydrogen) atoms. The maximum absolute atomic E-state index is 11.8. The second-order valence-corrected chi connectivity index (χ2v) is 4.66. The second kappa shape index (κ2) is 4.76. The normalized spacial score (nSPS) is 22.3. The van der Waals surface area contributed by atoms with E-state index in [2.05, 4.69) is 10.1 Å². The molecule has 0 aromatic heterocycles. The third kappa shape index (κ3) is 2.31. The van der Waals surface area contributed by atoms with Gasteiger partial charge in [0.05, 0.1) is 12.6 Å². The molecule has 2 rings (SSSR count). The summed E-state index contributed by atoms with van der Waals surface area (Å²) in [7, 11) is 1.17. The van der Waals surface area contributed by atoms with E-state index in [1.165, 1.54) is 7.11 Å². The Morgan fingerprint density at radius 2 is 2.00 bits per heavy atom. The highest BCUT2D eigenvalue weighted by Crippen LogP contribution is 2.29. The Kier molecular flexibility index (Phi) is 3.29. The molecule has 1 unspecified atom stereocenters. The Balaban J connectivity index is 2.33. The van der Waals surface area contributed by atoms with Crippen LogP contribution < -0.4 is 5.32 Å². The molecular weight excluding hydrogens is 246 g/mol. The molecule has 5 heteroatoms. The van der Waals surface area contributed by atoms with E-state index in [1.54, 1.807) is 6.92 Å². The van der Waals surface area contributed by atoms with Gasteiger partial charge >= 0.3 is 5.97 Å². The molecule has 1 aliphatic rings. The molecule has 1 aromatic rings. The summed E-state index contributed by atoms with van der Waals surface area (Å²) in [5, 5.41) is 12.8. The molecule has 1 heterocycles. The number of carbonyl (C=O) groups excluding carboxylic acids is 2. The first-order valence-corrected chi connectivity index (χ1v) is 5.86. The number of benzene rings is 1. The van der Waals surface area contributed by atoms with E-state index < -0.39 is 17.4 Å². The van der Waals surface area contributed by atoms with Crippen molar-refractivity contribution in [1.82, 2.24) is 5.32 Å². The maximum atomic E-state index is 11.8. The zero-order valence-corrected chi connectivity index (χ0v) is 10.8. The van der Waals surface area contributed by atoms with Crippen molar-refractivity contribution in [3.05, 3.63) is 47.2 Å². The number of aliphatic hydroxyl groups excluding tert-OH is 1. The van der Waals surface area contributed by atoms with Gasteiger partial charge in [-0.15, -0.1) is 0 Å². The first kappa shape index (κ1) is 13.1. The van der Waals surface area contributed by atoms with Gasteiger partial charge in [0.2, 0.25) is 0 Å². The molecule has 0 fully saturated rings. The minimum atomic E-state index is -0.984. The fourth-order valence-electron chi connectivity index (χ4n) is 2.18. The van der Waals surface area contributed by atoms with Crippen LogP contribution in [-0.2, 0) is 20.7 Å². The van der Waals surface area contributed by atoms with E-state index >= 15 is 0 Å². The zero-order chi connectivity index (χ0) is 14.0. The predicted octanol–water partition coefficient (Wildman–Crippen LogP) is 1.10. The number of methoxy groups -OCH3 is 1. The van der Waals surface area contributed by atoms with Crippen LogP contribution in [-0.4, -0.2) is 29.6 Å². The Hall–Kier alpha value is -2.30. The van der Waals surface area contributed by atoms with E-state index in [1.807, 2.05) is 30.3 Å². The monoisotopic (exact) mass is 261 g/mol. The molecule has 0 spiro atoms. The van der Waals surface area contributed by atoms with Gasteiger partial charge in [-0.2, -0.15) is 0 Å². The number of hydrogen-bond acceptors (Lipinski definition) is 4. The maximum Gasteiger partial charge on any atom is 0.347 e. The van der Waals surface area contributed by atoms with Crippen molar-refractivity contribution in [2.24, 2.45) is 0 Å². The van der Waals surface area contributed by atoms with Crippen LogP contribution in [0.4, 0.5) is 0 Å². The summed E-state index contributed by atoms with van der Waals surface area (Å²) in [6.07, 6.45) is 0.395. The Bertz CT molecular complexity index is 550. The van der Waals surface area contributed by atoms with Crippen LogP contribution in [0.2, 0.25) is 0 Å². The molecule has 1 amide bonds. The minimum Gasteiger partial charge on any atom is -0.509 e. The van der Waals surface area contributed by atoms with Crippen molar-refractivity contribution < 1.29 is 19.4 Å². The van der Waals surface area contributed by atoms with E-state index in [0.717, 1.165) is 5.56 Å². The van der Waals surface area contributed by atoms with Crippen LogP contribution in [0.25, 0.3) is 0 Å². The summed E-state index contributed by atoms with van der Waals surface area (Å²) >= 11 is 0. The van der Waals surface area contributed by atoms with Crippen LogP contribution in [0.1, 0.15) is 12.5 Å². The van der Waals surface area contributed by atoms with Crippen molar-refractivity contribution in [1.29, 1.82) is 0 Å². The molecule has 2 N–H and O–H groups in total. The molecule has 0 aliphatic carbocycles. The summed E-state index contributed by atoms with van der Waals surface area (Å²) < 4.78 is 4.50. The number of nitrogens with one attached hydrogen (secondary N) is 1. The van der Waals surface area contributed by atoms with Gasteiger partial charge in [0, 0.05) is 6.42 Å². The van der Waals surface area contributed by atoms with Crippen molar-refractivity contribution in [2.75, 3.05) is 7.11 Å². The van der Waals surface area contributed by atoms with Crippen LogP contribution >= 0.6 is 0 Å². The average molecular weight is 261 g/mol. The molecule has 1 aliphatic heterocycles. The van der Waals surface area contributed by atoms with Crippen molar-refractivity contribution in [3.63, 3.8) is 0 Å². The summed E-state index contributed by atoms with van der Waals surface area (Å²) in [6.45, 7) is 1.67. The van der Waals surface area contributed by atoms with Crippen molar-refractivity contribution in [2.45, 2.75) is 18.9 Å². The molecule has 1 atom stereocenters. The predicted molar refractivity (Wildman–Crippen MR) is 68.4 cm³/mol. The van der Waals surface area contributed by atoms with Crippen LogP contribution in [0, 0.1) is 0 Å². The van der Waals surface area contributed by atoms with E-state index in [4.69, 9.17) is 0 Å². The fraction of sp³-hybridized carbons (Fsp3) is 0.286. The Morgan fingerprint density at radius 3 is 2.58 bits per heavy atom. The van der Waals surface area contributed by atoms with Gasteiger partial charge < -0.3 is 15.2 Å². The van der Waals surface area contributed by atoms with E-state index in [-0.39, 0.29) is 11.3 Å². The number of carbonyl (C=O) groups is 2. The van der Waals surface area contributed by atoms with E-state index in [0.29, 0.717) is 6.42 Å². The largest absolute Gasteiger partial charge is 0.509 e. The number of ether oxygens (including phenoxy) is 1. The standard InChI is InChI=1S/C14H15NO4/c1-14(8-9-6-4-3-5-7-9)11(16)10(12(17)15-14)13(18)19-2/h3-7,16H,8H2,1-2H3,(H,15,17). The van der Waals surface area contributed by atoms with Crippen LogP contribution in [0.3, 0.4) is 0 Å². The van der Waals surface area contributed by atoms with Gasteiger partial charge in [-0.05, 0) is 12.5 Å². The Labute approximate surface area is 110 Å². The lowest BCUT2D eigenvalue weighted by Crippen LogP contribution is -2.43. The van der Waals surface area contributed by atoms with Gasteiger partial charge in [0.1, 0.15) is 5.76 Å². The number of rotatable bonds is 3. The van der Waals surface area contributed by atoms with Crippen molar-refractivity contribution >= 4 is 11.9 Å². The van der Waals surface area contributed by atoms with Crippen LogP contribution in [0.15, 0.2) is 41.7 Å². The smallest absolute Gasteiger partial charge is 0.347 e. The van der Waals surface area contributed by atoms with E-state index in [9.17, 15) is 14.7 Å². The highest BCUT2D eigenvalue weighted by Gasteiger charge is 2.45. The van der Waals surface area contributed by atoms with Crippen LogP contribution in [0.5, 0.6) is 0 Å². The van der Waals surface area contributed by atoms with Gasteiger partial charge in [-0.25, -0.2) is 4.79 Å². The summed E-state index contributed by atoms with van der Waals surface area (Å²) in [5.74, 6) is -1.71. The lowest BCUT2D eigenvalue weighted by atomic mass is 9.91. The average Bonchev–Trinajstić information content (AvgIpc) is 2.60. The molecule has 100 valence electrons. The minimum absolute atomic E-state index is 0.270. The Morgan fingerprint density at radius 1 is 1.37 bits per heavy atom. The molecule has 0 saturated heterocycles. The molecule has 0 bridgehead atoms. The number of aliphatic hydroxyl groups is 1. The topological polar surface area (TPSA) is 75.6 Å². The van der Waals surface area contributed by atoms with Gasteiger partial charge in [-0.3, -0.25) is 4.79 Å². The summed E-state index contributed by atoms with van der Waals surface area (Å²) in [5.41, 5.74) is -0.356. The highest BCUT2D eigenvalue weighted by atomic mass is 16.5. The molecule has 0 radical (unpaired) electrons. The third-order valence-corrected chi connectivity index (χ3v) is 3.17. The van der Waals surface area contributed by atoms with Gasteiger partial charge in [0.25, 0.3) is 5.91 Å². The molecular formula is C14H15NO4. The summed E-state index contributed by atoms with van der Waals surface area (Å²) in [6, 6.07) is 9.41. The van der Waals surface area contributed by atoms with Gasteiger partial charge in [0.15, 0.2) is 5.57 Å². The molecule has 5 nitrogen and oxygen atoms in total. The third-order valence-electron chi connectivity index (χ3n) is 3.17. The van der Waals surface area contributed by atoms with Gasteiger partial charge in [-0.1, -0.05) is 30.3 Å². The first-order chi connectivity index (χ1) is 8.98. The lowest BCUT2D eigenvalue weighted by Gasteiger charge is -2.24. The fourth-order valence-corrected chi connectivity index (χ4v) is 2.18. The summed E-state index contributed by atoms with van der Waals surface area (Å²) in [4.78, 5) is 23.2. The van der Waals surface area contributed by atoms with Crippen molar-refractivity contribution in [3.8, 4) is 0 Å².